The molecule has 3 aromatic carbocycles. The van der Waals surface area contributed by atoms with Gasteiger partial charge in [0.2, 0.25) is 11.8 Å². The van der Waals surface area contributed by atoms with E-state index in [2.05, 4.69) is 11.4 Å². The first kappa shape index (κ1) is 22.7. The monoisotopic (exact) mass is 436 g/mol. The summed E-state index contributed by atoms with van der Waals surface area (Å²) >= 11 is 1.34. The molecule has 1 N–H and O–H groups in total. The van der Waals surface area contributed by atoms with Gasteiger partial charge < -0.3 is 15.0 Å². The Balaban J connectivity index is 1.52. The molecule has 0 aliphatic rings. The van der Waals surface area contributed by atoms with Gasteiger partial charge in [0.15, 0.2) is 0 Å². The summed E-state index contributed by atoms with van der Waals surface area (Å²) in [4.78, 5) is 26.7. The molecule has 0 spiro atoms. The van der Waals surface area contributed by atoms with Gasteiger partial charge in [-0.15, -0.1) is 11.8 Å². The fraction of sp³-hybridized carbons (Fsp3) is 0.280. The SMILES string of the molecule is COc1ccc2cc(CN(C)C(=O)C(C)SCC(=O)Nc3ccc(C)cc3)ccc2c1. The number of carbonyl (C=O) groups is 2. The van der Waals surface area contributed by atoms with E-state index in [-0.39, 0.29) is 22.8 Å². The third kappa shape index (κ3) is 6.25. The molecule has 0 aliphatic heterocycles. The van der Waals surface area contributed by atoms with E-state index in [4.69, 9.17) is 4.74 Å². The third-order valence-corrected chi connectivity index (χ3v) is 6.19. The first-order valence-corrected chi connectivity index (χ1v) is 11.2. The lowest BCUT2D eigenvalue weighted by atomic mass is 10.1. The second-order valence-electron chi connectivity index (χ2n) is 7.61. The summed E-state index contributed by atoms with van der Waals surface area (Å²) < 4.78 is 5.27. The van der Waals surface area contributed by atoms with Crippen LogP contribution in [0.25, 0.3) is 10.8 Å². The molecule has 5 nitrogen and oxygen atoms in total. The van der Waals surface area contributed by atoms with E-state index >= 15 is 0 Å². The topological polar surface area (TPSA) is 58.6 Å². The van der Waals surface area contributed by atoms with E-state index in [1.165, 1.54) is 11.8 Å². The highest BCUT2D eigenvalue weighted by atomic mass is 32.2. The Morgan fingerprint density at radius 1 is 1.03 bits per heavy atom. The predicted octanol–water partition coefficient (Wildman–Crippen LogP) is 4.88. The Kier molecular flexibility index (Phi) is 7.58. The van der Waals surface area contributed by atoms with Crippen molar-refractivity contribution in [3.05, 3.63) is 71.8 Å². The molecule has 31 heavy (non-hydrogen) atoms. The van der Waals surface area contributed by atoms with E-state index in [0.717, 1.165) is 33.3 Å². The fourth-order valence-corrected chi connectivity index (χ4v) is 4.06. The second-order valence-corrected chi connectivity index (χ2v) is 8.94. The molecular formula is C25H28N2O3S. The lowest BCUT2D eigenvalue weighted by molar-refractivity contribution is -0.129. The highest BCUT2D eigenvalue weighted by molar-refractivity contribution is 8.01. The van der Waals surface area contributed by atoms with Crippen molar-refractivity contribution in [3.8, 4) is 5.75 Å². The van der Waals surface area contributed by atoms with Crippen molar-refractivity contribution >= 4 is 40.0 Å². The van der Waals surface area contributed by atoms with Crippen molar-refractivity contribution in [2.45, 2.75) is 25.6 Å². The Labute approximate surface area is 187 Å². The summed E-state index contributed by atoms with van der Waals surface area (Å²) in [5.41, 5.74) is 2.96. The van der Waals surface area contributed by atoms with Gasteiger partial charge in [0.25, 0.3) is 0 Å². The van der Waals surface area contributed by atoms with Crippen LogP contribution in [-0.2, 0) is 16.1 Å². The molecule has 0 bridgehead atoms. The number of carbonyl (C=O) groups excluding carboxylic acids is 2. The molecule has 3 rings (SSSR count). The van der Waals surface area contributed by atoms with E-state index in [0.29, 0.717) is 6.54 Å². The summed E-state index contributed by atoms with van der Waals surface area (Å²) in [6, 6.07) is 19.8. The predicted molar refractivity (Wildman–Crippen MR) is 129 cm³/mol. The first-order chi connectivity index (χ1) is 14.9. The van der Waals surface area contributed by atoms with Crippen LogP contribution in [0.15, 0.2) is 60.7 Å². The number of ether oxygens (including phenoxy) is 1. The molecule has 1 unspecified atom stereocenters. The van der Waals surface area contributed by atoms with Gasteiger partial charge in [0, 0.05) is 19.3 Å². The molecule has 0 saturated heterocycles. The molecule has 0 aromatic heterocycles. The molecule has 0 fully saturated rings. The van der Waals surface area contributed by atoms with Gasteiger partial charge in [0.1, 0.15) is 5.75 Å². The number of anilines is 1. The number of fused-ring (bicyclic) bond motifs is 1. The van der Waals surface area contributed by atoms with Gasteiger partial charge in [-0.3, -0.25) is 9.59 Å². The molecule has 162 valence electrons. The summed E-state index contributed by atoms with van der Waals surface area (Å²) in [6.07, 6.45) is 0. The van der Waals surface area contributed by atoms with Crippen LogP contribution in [0, 0.1) is 6.92 Å². The van der Waals surface area contributed by atoms with Crippen LogP contribution in [0.4, 0.5) is 5.69 Å². The van der Waals surface area contributed by atoms with Gasteiger partial charge in [-0.25, -0.2) is 0 Å². The summed E-state index contributed by atoms with van der Waals surface area (Å²) in [5, 5.41) is 4.76. The number of amides is 2. The number of nitrogens with zero attached hydrogens (tertiary/aromatic N) is 1. The lowest BCUT2D eigenvalue weighted by Gasteiger charge is -2.21. The highest BCUT2D eigenvalue weighted by Crippen LogP contribution is 2.23. The second kappa shape index (κ2) is 10.4. The average molecular weight is 437 g/mol. The molecular weight excluding hydrogens is 408 g/mol. The average Bonchev–Trinajstić information content (AvgIpc) is 2.78. The fourth-order valence-electron chi connectivity index (χ4n) is 3.27. The molecule has 0 heterocycles. The molecule has 6 heteroatoms. The van der Waals surface area contributed by atoms with Crippen molar-refractivity contribution in [2.75, 3.05) is 25.2 Å². The molecule has 2 amide bonds. The zero-order valence-corrected chi connectivity index (χ0v) is 19.2. The number of hydrogen-bond acceptors (Lipinski definition) is 4. The number of methoxy groups -OCH3 is 1. The van der Waals surface area contributed by atoms with E-state index in [1.54, 1.807) is 19.1 Å². The largest absolute Gasteiger partial charge is 0.497 e. The molecule has 1 atom stereocenters. The van der Waals surface area contributed by atoms with Gasteiger partial charge in [-0.05, 0) is 60.5 Å². The molecule has 0 saturated carbocycles. The third-order valence-electron chi connectivity index (χ3n) is 5.06. The Morgan fingerprint density at radius 3 is 2.42 bits per heavy atom. The number of nitrogens with one attached hydrogen (secondary N) is 1. The maximum Gasteiger partial charge on any atom is 0.235 e. The zero-order valence-electron chi connectivity index (χ0n) is 18.3. The summed E-state index contributed by atoms with van der Waals surface area (Å²) in [6.45, 7) is 4.36. The van der Waals surface area contributed by atoms with Crippen LogP contribution in [0.1, 0.15) is 18.1 Å². The minimum atomic E-state index is -0.307. The number of rotatable bonds is 8. The van der Waals surface area contributed by atoms with Gasteiger partial charge in [0.05, 0.1) is 18.1 Å². The van der Waals surface area contributed by atoms with Crippen molar-refractivity contribution in [2.24, 2.45) is 0 Å². The quantitative estimate of drug-likeness (QED) is 0.547. The maximum atomic E-state index is 12.8. The smallest absolute Gasteiger partial charge is 0.235 e. The van der Waals surface area contributed by atoms with E-state index < -0.39 is 0 Å². The minimum absolute atomic E-state index is 0.00274. The van der Waals surface area contributed by atoms with Crippen molar-refractivity contribution < 1.29 is 14.3 Å². The van der Waals surface area contributed by atoms with Crippen LogP contribution in [-0.4, -0.2) is 41.9 Å². The van der Waals surface area contributed by atoms with Gasteiger partial charge in [-0.1, -0.05) is 35.9 Å². The van der Waals surface area contributed by atoms with Crippen LogP contribution in [0.3, 0.4) is 0 Å². The first-order valence-electron chi connectivity index (χ1n) is 10.2. The maximum absolute atomic E-state index is 12.8. The zero-order chi connectivity index (χ0) is 22.4. The molecule has 0 radical (unpaired) electrons. The number of benzene rings is 3. The van der Waals surface area contributed by atoms with E-state index in [1.807, 2.05) is 68.4 Å². The molecule has 3 aromatic rings. The van der Waals surface area contributed by atoms with Crippen molar-refractivity contribution in [1.29, 1.82) is 0 Å². The van der Waals surface area contributed by atoms with Crippen molar-refractivity contribution in [3.63, 3.8) is 0 Å². The Morgan fingerprint density at radius 2 is 1.71 bits per heavy atom. The van der Waals surface area contributed by atoms with Crippen LogP contribution < -0.4 is 10.1 Å². The van der Waals surface area contributed by atoms with Crippen LogP contribution in [0.5, 0.6) is 5.75 Å². The normalized spacial score (nSPS) is 11.7. The molecule has 0 aliphatic carbocycles. The number of aryl methyl sites for hydroxylation is 1. The highest BCUT2D eigenvalue weighted by Gasteiger charge is 2.19. The van der Waals surface area contributed by atoms with Crippen LogP contribution in [0.2, 0.25) is 0 Å². The Bertz CT molecular complexity index is 1070. The van der Waals surface area contributed by atoms with E-state index in [9.17, 15) is 9.59 Å². The van der Waals surface area contributed by atoms with Crippen LogP contribution >= 0.6 is 11.8 Å². The summed E-state index contributed by atoms with van der Waals surface area (Å²) in [5.74, 6) is 0.945. The minimum Gasteiger partial charge on any atom is -0.497 e. The van der Waals surface area contributed by atoms with Crippen molar-refractivity contribution in [1.82, 2.24) is 4.90 Å². The van der Waals surface area contributed by atoms with Gasteiger partial charge in [-0.2, -0.15) is 0 Å². The number of hydrogen-bond donors (Lipinski definition) is 1. The standard InChI is InChI=1S/C25H28N2O3S/c1-17-5-10-22(11-6-17)26-24(28)16-31-18(2)25(29)27(3)15-19-7-8-21-14-23(30-4)12-9-20(21)13-19/h5-14,18H,15-16H2,1-4H3,(H,26,28). The Hall–Kier alpha value is -2.99. The number of thioether (sulfide) groups is 1. The summed E-state index contributed by atoms with van der Waals surface area (Å²) in [7, 11) is 3.45. The van der Waals surface area contributed by atoms with Gasteiger partial charge >= 0.3 is 0 Å². The lowest BCUT2D eigenvalue weighted by Crippen LogP contribution is -2.33.